The van der Waals surface area contributed by atoms with Crippen molar-refractivity contribution >= 4 is 40.3 Å². The number of nitrogens with zero attached hydrogens (tertiary/aromatic N) is 2. The molecule has 0 amide bonds. The first-order valence-corrected chi connectivity index (χ1v) is 9.58. The largest absolute Gasteiger partial charge is 0.447 e. The van der Waals surface area contributed by atoms with Gasteiger partial charge < -0.3 is 9.30 Å². The van der Waals surface area contributed by atoms with Crippen LogP contribution in [0.1, 0.15) is 37.9 Å². The SMILES string of the molecule is CCCCCSC(=O)OC(Cn1ccnc1)c1ccc(Cl)cc1Cl. The van der Waals surface area contributed by atoms with Crippen LogP contribution >= 0.6 is 35.0 Å². The zero-order valence-electron chi connectivity index (χ0n) is 13.5. The molecule has 0 radical (unpaired) electrons. The number of carbonyl (C=O) groups excluding carboxylic acids is 1. The van der Waals surface area contributed by atoms with Crippen LogP contribution in [0.5, 0.6) is 0 Å². The quantitative estimate of drug-likeness (QED) is 0.412. The van der Waals surface area contributed by atoms with E-state index in [-0.39, 0.29) is 5.30 Å². The van der Waals surface area contributed by atoms with Crippen molar-refractivity contribution < 1.29 is 9.53 Å². The summed E-state index contributed by atoms with van der Waals surface area (Å²) in [7, 11) is 0. The minimum absolute atomic E-state index is 0.290. The number of thioether (sulfide) groups is 1. The third kappa shape index (κ3) is 6.04. The summed E-state index contributed by atoms with van der Waals surface area (Å²) in [6.07, 6.45) is 7.93. The molecular weight excluding hydrogens is 367 g/mol. The van der Waals surface area contributed by atoms with Crippen molar-refractivity contribution in [3.63, 3.8) is 0 Å². The molecule has 0 bridgehead atoms. The molecule has 0 N–H and O–H groups in total. The molecule has 130 valence electrons. The van der Waals surface area contributed by atoms with E-state index in [1.165, 1.54) is 11.8 Å². The summed E-state index contributed by atoms with van der Waals surface area (Å²) in [5.74, 6) is 0.763. The molecular formula is C17H20Cl2N2O2S. The van der Waals surface area contributed by atoms with Gasteiger partial charge in [-0.1, -0.05) is 49.0 Å². The minimum atomic E-state index is -0.491. The van der Waals surface area contributed by atoms with E-state index in [1.807, 2.05) is 10.8 Å². The number of carbonyl (C=O) groups is 1. The van der Waals surface area contributed by atoms with Gasteiger partial charge in [0.25, 0.3) is 0 Å². The number of unbranched alkanes of at least 4 members (excludes halogenated alkanes) is 2. The third-order valence-corrected chi connectivity index (χ3v) is 4.84. The molecule has 0 aliphatic carbocycles. The van der Waals surface area contributed by atoms with Gasteiger partial charge in [0.05, 0.1) is 12.9 Å². The Morgan fingerprint density at radius 1 is 1.38 bits per heavy atom. The van der Waals surface area contributed by atoms with E-state index in [0.717, 1.165) is 30.6 Å². The fourth-order valence-electron chi connectivity index (χ4n) is 2.21. The number of halogens is 2. The van der Waals surface area contributed by atoms with E-state index >= 15 is 0 Å². The molecule has 2 rings (SSSR count). The van der Waals surface area contributed by atoms with Crippen molar-refractivity contribution in [3.8, 4) is 0 Å². The molecule has 0 spiro atoms. The Labute approximate surface area is 156 Å². The summed E-state index contributed by atoms with van der Waals surface area (Å²) in [5.41, 5.74) is 0.734. The fraction of sp³-hybridized carbons (Fsp3) is 0.412. The average Bonchev–Trinajstić information content (AvgIpc) is 3.04. The van der Waals surface area contributed by atoms with Crippen LogP contribution in [0.3, 0.4) is 0 Å². The van der Waals surface area contributed by atoms with Gasteiger partial charge in [0, 0.05) is 33.8 Å². The average molecular weight is 387 g/mol. The second-order valence-electron chi connectivity index (χ2n) is 5.34. The Bertz CT molecular complexity index is 650. The molecule has 0 fully saturated rings. The van der Waals surface area contributed by atoms with Crippen LogP contribution in [0.2, 0.25) is 10.0 Å². The first-order valence-electron chi connectivity index (χ1n) is 7.84. The van der Waals surface area contributed by atoms with Crippen molar-refractivity contribution in [2.24, 2.45) is 0 Å². The Morgan fingerprint density at radius 3 is 2.88 bits per heavy atom. The Morgan fingerprint density at radius 2 is 2.21 bits per heavy atom. The molecule has 24 heavy (non-hydrogen) atoms. The van der Waals surface area contributed by atoms with E-state index in [1.54, 1.807) is 30.7 Å². The van der Waals surface area contributed by atoms with Crippen molar-refractivity contribution in [2.75, 3.05) is 5.75 Å². The summed E-state index contributed by atoms with van der Waals surface area (Å²) < 4.78 is 7.51. The van der Waals surface area contributed by atoms with Gasteiger partial charge in [-0.3, -0.25) is 0 Å². The van der Waals surface area contributed by atoms with Gasteiger partial charge in [-0.05, 0) is 30.3 Å². The molecule has 1 aromatic carbocycles. The maximum absolute atomic E-state index is 12.1. The van der Waals surface area contributed by atoms with E-state index in [2.05, 4.69) is 11.9 Å². The van der Waals surface area contributed by atoms with Gasteiger partial charge >= 0.3 is 5.30 Å². The van der Waals surface area contributed by atoms with E-state index < -0.39 is 6.10 Å². The highest BCUT2D eigenvalue weighted by atomic mass is 35.5. The summed E-state index contributed by atoms with van der Waals surface area (Å²) in [6.45, 7) is 2.58. The summed E-state index contributed by atoms with van der Waals surface area (Å²) in [5, 5.41) is 0.740. The van der Waals surface area contributed by atoms with Crippen molar-refractivity contribution in [1.29, 1.82) is 0 Å². The molecule has 0 aliphatic rings. The minimum Gasteiger partial charge on any atom is -0.447 e. The Balaban J connectivity index is 2.06. The second kappa shape index (κ2) is 9.97. The highest BCUT2D eigenvalue weighted by Crippen LogP contribution is 2.31. The molecule has 0 saturated heterocycles. The highest BCUT2D eigenvalue weighted by molar-refractivity contribution is 8.13. The monoisotopic (exact) mass is 386 g/mol. The smallest absolute Gasteiger partial charge is 0.367 e. The fourth-order valence-corrected chi connectivity index (χ4v) is 3.44. The first kappa shape index (κ1) is 19.2. The lowest BCUT2D eigenvalue weighted by Crippen LogP contribution is -2.15. The predicted octanol–water partition coefficient (Wildman–Crippen LogP) is 5.99. The number of benzene rings is 1. The molecule has 0 saturated carbocycles. The number of imidazole rings is 1. The maximum atomic E-state index is 12.1. The lowest BCUT2D eigenvalue weighted by molar-refractivity contribution is 0.111. The number of hydrogen-bond donors (Lipinski definition) is 0. The molecule has 2 aromatic rings. The van der Waals surface area contributed by atoms with Crippen LogP contribution in [0.4, 0.5) is 4.79 Å². The zero-order chi connectivity index (χ0) is 17.4. The number of rotatable bonds is 8. The molecule has 4 nitrogen and oxygen atoms in total. The predicted molar refractivity (Wildman–Crippen MR) is 99.9 cm³/mol. The lowest BCUT2D eigenvalue weighted by Gasteiger charge is -2.20. The van der Waals surface area contributed by atoms with E-state index in [9.17, 15) is 4.79 Å². The van der Waals surface area contributed by atoms with Gasteiger partial charge in [0.2, 0.25) is 0 Å². The van der Waals surface area contributed by atoms with Crippen molar-refractivity contribution in [2.45, 2.75) is 38.8 Å². The van der Waals surface area contributed by atoms with Gasteiger partial charge in [-0.2, -0.15) is 0 Å². The first-order chi connectivity index (χ1) is 11.6. The van der Waals surface area contributed by atoms with Crippen molar-refractivity contribution in [1.82, 2.24) is 9.55 Å². The molecule has 1 aromatic heterocycles. The van der Waals surface area contributed by atoms with Gasteiger partial charge in [-0.25, -0.2) is 9.78 Å². The third-order valence-electron chi connectivity index (χ3n) is 3.45. The molecule has 7 heteroatoms. The molecule has 0 aliphatic heterocycles. The van der Waals surface area contributed by atoms with Crippen LogP contribution in [0, 0.1) is 0 Å². The summed E-state index contributed by atoms with van der Waals surface area (Å²) in [6, 6.07) is 5.19. The van der Waals surface area contributed by atoms with Gasteiger partial charge in [-0.15, -0.1) is 0 Å². The van der Waals surface area contributed by atoms with Crippen LogP contribution in [0.15, 0.2) is 36.9 Å². The summed E-state index contributed by atoms with van der Waals surface area (Å²) >= 11 is 13.4. The molecule has 1 atom stereocenters. The van der Waals surface area contributed by atoms with Gasteiger partial charge in [0.1, 0.15) is 6.10 Å². The van der Waals surface area contributed by atoms with Crippen LogP contribution in [0.25, 0.3) is 0 Å². The van der Waals surface area contributed by atoms with E-state index in [0.29, 0.717) is 16.6 Å². The molecule has 1 heterocycles. The van der Waals surface area contributed by atoms with Crippen LogP contribution in [-0.2, 0) is 11.3 Å². The number of hydrogen-bond acceptors (Lipinski definition) is 4. The van der Waals surface area contributed by atoms with Crippen LogP contribution < -0.4 is 0 Å². The lowest BCUT2D eigenvalue weighted by atomic mass is 10.1. The zero-order valence-corrected chi connectivity index (χ0v) is 15.8. The van der Waals surface area contributed by atoms with Gasteiger partial charge in [0.15, 0.2) is 0 Å². The van der Waals surface area contributed by atoms with Crippen molar-refractivity contribution in [3.05, 3.63) is 52.5 Å². The molecule has 1 unspecified atom stereocenters. The number of ether oxygens (including phenoxy) is 1. The maximum Gasteiger partial charge on any atom is 0.367 e. The Hall–Kier alpha value is -1.17. The standard InChI is InChI=1S/C17H20Cl2N2O2S/c1-2-3-4-9-24-17(22)23-16(11-21-8-7-20-12-21)14-6-5-13(18)10-15(14)19/h5-8,10,12,16H,2-4,9,11H2,1H3. The highest BCUT2D eigenvalue weighted by Gasteiger charge is 2.20. The van der Waals surface area contributed by atoms with E-state index in [4.69, 9.17) is 27.9 Å². The number of aromatic nitrogens is 2. The summed E-state index contributed by atoms with van der Waals surface area (Å²) in [4.78, 5) is 16.2. The normalized spacial score (nSPS) is 12.1. The van der Waals surface area contributed by atoms with Crippen LogP contribution in [-0.4, -0.2) is 20.6 Å². The second-order valence-corrected chi connectivity index (χ2v) is 7.21. The Kier molecular flexibility index (Phi) is 7.95. The topological polar surface area (TPSA) is 44.1 Å².